The van der Waals surface area contributed by atoms with E-state index >= 15 is 0 Å². The van der Waals surface area contributed by atoms with Crippen molar-refractivity contribution in [1.82, 2.24) is 0 Å². The standard InChI is InChI=1S/C17H10Cl3NO5S/c1-27(23,24)26-15-9(6-10(18)8-13(15)20)7-14-17(22)25-16(21-14)11-4-2-3-5-12(11)19/h2-8H,1H3/b14-7-. The number of hydrogen-bond acceptors (Lipinski definition) is 6. The highest BCUT2D eigenvalue weighted by Crippen LogP contribution is 2.35. The molecule has 1 aliphatic heterocycles. The van der Waals surface area contributed by atoms with Crippen molar-refractivity contribution in [2.24, 2.45) is 4.99 Å². The third-order valence-electron chi connectivity index (χ3n) is 3.29. The number of halogens is 3. The molecule has 1 aliphatic rings. The zero-order valence-electron chi connectivity index (χ0n) is 13.6. The van der Waals surface area contributed by atoms with Crippen molar-refractivity contribution in [2.45, 2.75) is 0 Å². The summed E-state index contributed by atoms with van der Waals surface area (Å²) >= 11 is 18.1. The van der Waals surface area contributed by atoms with E-state index in [2.05, 4.69) is 4.99 Å². The summed E-state index contributed by atoms with van der Waals surface area (Å²) in [6, 6.07) is 9.42. The third-order valence-corrected chi connectivity index (χ3v) is 4.59. The van der Waals surface area contributed by atoms with Crippen LogP contribution in [0.2, 0.25) is 15.1 Å². The fourth-order valence-corrected chi connectivity index (χ4v) is 3.53. The molecule has 0 saturated heterocycles. The molecule has 0 N–H and O–H groups in total. The van der Waals surface area contributed by atoms with Crippen LogP contribution in [0, 0.1) is 0 Å². The van der Waals surface area contributed by atoms with Gasteiger partial charge in [0, 0.05) is 10.6 Å². The summed E-state index contributed by atoms with van der Waals surface area (Å²) in [5.41, 5.74) is 0.489. The second kappa shape index (κ2) is 7.52. The van der Waals surface area contributed by atoms with Crippen LogP contribution in [0.3, 0.4) is 0 Å². The predicted molar refractivity (Wildman–Crippen MR) is 104 cm³/mol. The van der Waals surface area contributed by atoms with Crippen LogP contribution < -0.4 is 4.18 Å². The second-order valence-electron chi connectivity index (χ2n) is 5.41. The molecule has 140 valence electrons. The van der Waals surface area contributed by atoms with Crippen molar-refractivity contribution in [3.05, 3.63) is 68.3 Å². The first-order valence-electron chi connectivity index (χ1n) is 7.30. The first-order chi connectivity index (χ1) is 12.6. The summed E-state index contributed by atoms with van der Waals surface area (Å²) < 4.78 is 33.1. The van der Waals surface area contributed by atoms with Crippen molar-refractivity contribution in [3.8, 4) is 5.75 Å². The molecule has 0 amide bonds. The van der Waals surface area contributed by atoms with Crippen molar-refractivity contribution < 1.29 is 22.1 Å². The van der Waals surface area contributed by atoms with Crippen LogP contribution in [0.1, 0.15) is 11.1 Å². The monoisotopic (exact) mass is 445 g/mol. The second-order valence-corrected chi connectivity index (χ2v) is 8.24. The van der Waals surface area contributed by atoms with Gasteiger partial charge in [-0.15, -0.1) is 0 Å². The molecule has 6 nitrogen and oxygen atoms in total. The van der Waals surface area contributed by atoms with Crippen molar-refractivity contribution in [1.29, 1.82) is 0 Å². The van der Waals surface area contributed by atoms with Crippen LogP contribution in [0.15, 0.2) is 47.1 Å². The molecule has 0 fully saturated rings. The Bertz CT molecular complexity index is 1110. The molecule has 0 aromatic heterocycles. The third kappa shape index (κ3) is 4.62. The molecule has 0 unspecified atom stereocenters. The zero-order valence-corrected chi connectivity index (χ0v) is 16.7. The number of carbonyl (C=O) groups excluding carboxylic acids is 1. The fraction of sp³-hybridized carbons (Fsp3) is 0.0588. The molecule has 0 radical (unpaired) electrons. The number of nitrogens with zero attached hydrogens (tertiary/aromatic N) is 1. The number of hydrogen-bond donors (Lipinski definition) is 0. The SMILES string of the molecule is CS(=O)(=O)Oc1c(Cl)cc(Cl)cc1/C=C1\N=C(c2ccccc2Cl)OC1=O. The molecule has 2 aromatic carbocycles. The fourth-order valence-electron chi connectivity index (χ4n) is 2.23. The Morgan fingerprint density at radius 3 is 2.48 bits per heavy atom. The quantitative estimate of drug-likeness (QED) is 0.397. The number of rotatable bonds is 4. The molecule has 2 aromatic rings. The lowest BCUT2D eigenvalue weighted by Gasteiger charge is -2.09. The average Bonchev–Trinajstić information content (AvgIpc) is 2.91. The Balaban J connectivity index is 2.09. The predicted octanol–water partition coefficient (Wildman–Crippen LogP) is 4.33. The lowest BCUT2D eigenvalue weighted by atomic mass is 10.1. The maximum atomic E-state index is 12.2. The largest absolute Gasteiger partial charge is 0.402 e. The van der Waals surface area contributed by atoms with E-state index in [0.29, 0.717) is 10.6 Å². The molecular weight excluding hydrogens is 437 g/mol. The summed E-state index contributed by atoms with van der Waals surface area (Å²) in [5.74, 6) is -0.896. The molecule has 10 heteroatoms. The number of aliphatic imine (C=N–C) groups is 1. The number of ether oxygens (including phenoxy) is 1. The zero-order chi connectivity index (χ0) is 19.8. The Morgan fingerprint density at radius 2 is 1.81 bits per heavy atom. The van der Waals surface area contributed by atoms with Crippen molar-refractivity contribution in [2.75, 3.05) is 6.26 Å². The van der Waals surface area contributed by atoms with Gasteiger partial charge < -0.3 is 8.92 Å². The van der Waals surface area contributed by atoms with Gasteiger partial charge in [-0.2, -0.15) is 8.42 Å². The van der Waals surface area contributed by atoms with Gasteiger partial charge in [0.15, 0.2) is 11.4 Å². The molecule has 3 rings (SSSR count). The first kappa shape index (κ1) is 19.7. The summed E-state index contributed by atoms with van der Waals surface area (Å²) in [6.07, 6.45) is 2.14. The Labute approximate surface area is 170 Å². The highest BCUT2D eigenvalue weighted by Gasteiger charge is 2.26. The Morgan fingerprint density at radius 1 is 1.11 bits per heavy atom. The molecule has 0 aliphatic carbocycles. The minimum atomic E-state index is -3.87. The number of carbonyl (C=O) groups is 1. The van der Waals surface area contributed by atoms with Gasteiger partial charge in [-0.25, -0.2) is 9.79 Å². The normalized spacial score (nSPS) is 15.6. The van der Waals surface area contributed by atoms with Gasteiger partial charge >= 0.3 is 16.1 Å². The van der Waals surface area contributed by atoms with E-state index in [9.17, 15) is 13.2 Å². The van der Waals surface area contributed by atoms with Gasteiger partial charge in [-0.3, -0.25) is 0 Å². The molecule has 0 spiro atoms. The number of cyclic esters (lactones) is 1. The van der Waals surface area contributed by atoms with Gasteiger partial charge in [0.1, 0.15) is 0 Å². The van der Waals surface area contributed by atoms with Gasteiger partial charge in [0.25, 0.3) is 0 Å². The van der Waals surface area contributed by atoms with E-state index in [1.807, 2.05) is 0 Å². The van der Waals surface area contributed by atoms with E-state index in [-0.39, 0.29) is 33.0 Å². The van der Waals surface area contributed by atoms with Crippen LogP contribution >= 0.6 is 34.8 Å². The van der Waals surface area contributed by atoms with E-state index < -0.39 is 16.1 Å². The molecular formula is C17H10Cl3NO5S. The topological polar surface area (TPSA) is 82.0 Å². The first-order valence-corrected chi connectivity index (χ1v) is 10.2. The Kier molecular flexibility index (Phi) is 5.48. The van der Waals surface area contributed by atoms with Gasteiger partial charge in [-0.1, -0.05) is 46.9 Å². The van der Waals surface area contributed by atoms with E-state index in [1.54, 1.807) is 24.3 Å². The molecule has 0 saturated carbocycles. The summed E-state index contributed by atoms with van der Waals surface area (Å²) in [7, 11) is -3.87. The molecule has 1 heterocycles. The summed E-state index contributed by atoms with van der Waals surface area (Å²) in [6.45, 7) is 0. The molecule has 0 atom stereocenters. The average molecular weight is 447 g/mol. The van der Waals surface area contributed by atoms with E-state index in [4.69, 9.17) is 43.7 Å². The maximum Gasteiger partial charge on any atom is 0.363 e. The highest BCUT2D eigenvalue weighted by molar-refractivity contribution is 7.86. The van der Waals surface area contributed by atoms with Crippen LogP contribution in [0.4, 0.5) is 0 Å². The van der Waals surface area contributed by atoms with Crippen LogP contribution in [-0.4, -0.2) is 26.5 Å². The van der Waals surface area contributed by atoms with Gasteiger partial charge in [0.05, 0.1) is 21.9 Å². The smallest absolute Gasteiger partial charge is 0.363 e. The summed E-state index contributed by atoms with van der Waals surface area (Å²) in [5, 5.41) is 0.535. The van der Waals surface area contributed by atoms with Crippen molar-refractivity contribution in [3.63, 3.8) is 0 Å². The lowest BCUT2D eigenvalue weighted by molar-refractivity contribution is -0.129. The van der Waals surface area contributed by atoms with Gasteiger partial charge in [0.2, 0.25) is 5.90 Å². The molecule has 0 bridgehead atoms. The van der Waals surface area contributed by atoms with E-state index in [1.165, 1.54) is 18.2 Å². The highest BCUT2D eigenvalue weighted by atomic mass is 35.5. The summed E-state index contributed by atoms with van der Waals surface area (Å²) in [4.78, 5) is 16.3. The van der Waals surface area contributed by atoms with Crippen molar-refractivity contribution >= 4 is 62.9 Å². The minimum absolute atomic E-state index is 0.0237. The number of esters is 1. The number of benzene rings is 2. The van der Waals surface area contributed by atoms with Crippen LogP contribution in [0.25, 0.3) is 6.08 Å². The van der Waals surface area contributed by atoms with E-state index in [0.717, 1.165) is 6.26 Å². The minimum Gasteiger partial charge on any atom is -0.402 e. The Hall–Kier alpha value is -2.06. The van der Waals surface area contributed by atoms with Crippen LogP contribution in [-0.2, 0) is 19.6 Å². The molecule has 27 heavy (non-hydrogen) atoms. The van der Waals surface area contributed by atoms with Crippen LogP contribution in [0.5, 0.6) is 5.75 Å². The maximum absolute atomic E-state index is 12.2. The van der Waals surface area contributed by atoms with Gasteiger partial charge in [-0.05, 0) is 30.3 Å². The lowest BCUT2D eigenvalue weighted by Crippen LogP contribution is -2.08.